The van der Waals surface area contributed by atoms with Gasteiger partial charge in [-0.1, -0.05) is 47.0 Å². The lowest BCUT2D eigenvalue weighted by Gasteiger charge is -2.55. The standard InChI is InChI=1S/C17H35NO/c1-5-9-10-11-13-19-16-14-15(18-12-6-2)17(16,7-3)8-4/h15-16,18H,5-14H2,1-4H3. The van der Waals surface area contributed by atoms with Crippen LogP contribution in [0.1, 0.15) is 79.1 Å². The van der Waals surface area contributed by atoms with Crippen LogP contribution >= 0.6 is 0 Å². The Morgan fingerprint density at radius 1 is 1.00 bits per heavy atom. The summed E-state index contributed by atoms with van der Waals surface area (Å²) in [5.41, 5.74) is 0.403. The van der Waals surface area contributed by atoms with E-state index in [4.69, 9.17) is 4.74 Å². The van der Waals surface area contributed by atoms with Crippen molar-refractivity contribution in [2.24, 2.45) is 5.41 Å². The van der Waals surface area contributed by atoms with E-state index in [1.807, 2.05) is 0 Å². The van der Waals surface area contributed by atoms with Gasteiger partial charge in [0, 0.05) is 18.1 Å². The smallest absolute Gasteiger partial charge is 0.0661 e. The molecule has 0 saturated heterocycles. The monoisotopic (exact) mass is 269 g/mol. The molecule has 1 aliphatic rings. The van der Waals surface area contributed by atoms with Gasteiger partial charge in [0.1, 0.15) is 0 Å². The molecule has 2 heteroatoms. The van der Waals surface area contributed by atoms with Crippen molar-refractivity contribution >= 4 is 0 Å². The second kappa shape index (κ2) is 8.97. The SMILES string of the molecule is CCCCCCOC1CC(NCCC)C1(CC)CC. The Bertz CT molecular complexity index is 225. The van der Waals surface area contributed by atoms with Gasteiger partial charge in [-0.25, -0.2) is 0 Å². The van der Waals surface area contributed by atoms with Gasteiger partial charge >= 0.3 is 0 Å². The maximum atomic E-state index is 6.19. The first-order valence-corrected chi connectivity index (χ1v) is 8.60. The third-order valence-corrected chi connectivity index (χ3v) is 5.06. The van der Waals surface area contributed by atoms with E-state index in [-0.39, 0.29) is 0 Å². The summed E-state index contributed by atoms with van der Waals surface area (Å²) in [6, 6.07) is 0.683. The van der Waals surface area contributed by atoms with Gasteiger partial charge in [-0.2, -0.15) is 0 Å². The molecule has 0 heterocycles. The maximum absolute atomic E-state index is 6.19. The van der Waals surface area contributed by atoms with Crippen molar-refractivity contribution in [3.8, 4) is 0 Å². The highest BCUT2D eigenvalue weighted by Gasteiger charge is 2.52. The van der Waals surface area contributed by atoms with Gasteiger partial charge in [0.15, 0.2) is 0 Å². The molecule has 1 fully saturated rings. The molecule has 19 heavy (non-hydrogen) atoms. The van der Waals surface area contributed by atoms with Crippen LogP contribution in [0.5, 0.6) is 0 Å². The minimum absolute atomic E-state index is 0.403. The maximum Gasteiger partial charge on any atom is 0.0661 e. The molecule has 0 aromatic rings. The summed E-state index contributed by atoms with van der Waals surface area (Å²) >= 11 is 0. The summed E-state index contributed by atoms with van der Waals surface area (Å²) in [7, 11) is 0. The van der Waals surface area contributed by atoms with Crippen LogP contribution < -0.4 is 5.32 Å². The average Bonchev–Trinajstić information content (AvgIpc) is 2.42. The fourth-order valence-corrected chi connectivity index (χ4v) is 3.54. The number of rotatable bonds is 11. The Balaban J connectivity index is 2.33. The Labute approximate surface area is 120 Å². The Kier molecular flexibility index (Phi) is 8.01. The predicted octanol–water partition coefficient (Wildman–Crippen LogP) is 4.53. The molecule has 1 rings (SSSR count). The van der Waals surface area contributed by atoms with Crippen LogP contribution in [-0.2, 0) is 4.74 Å². The summed E-state index contributed by atoms with van der Waals surface area (Å²) in [5, 5.41) is 3.72. The third-order valence-electron chi connectivity index (χ3n) is 5.06. The summed E-state index contributed by atoms with van der Waals surface area (Å²) in [6.07, 6.45) is 10.6. The molecule has 0 amide bonds. The zero-order valence-electron chi connectivity index (χ0n) is 13.6. The molecule has 0 bridgehead atoms. The lowest BCUT2D eigenvalue weighted by molar-refractivity contribution is -0.141. The van der Waals surface area contributed by atoms with Crippen molar-refractivity contribution in [1.29, 1.82) is 0 Å². The predicted molar refractivity (Wildman–Crippen MR) is 83.6 cm³/mol. The zero-order chi connectivity index (χ0) is 14.1. The van der Waals surface area contributed by atoms with Crippen LogP contribution in [0.3, 0.4) is 0 Å². The first-order valence-electron chi connectivity index (χ1n) is 8.60. The van der Waals surface area contributed by atoms with Crippen LogP contribution in [0.25, 0.3) is 0 Å². The molecule has 114 valence electrons. The van der Waals surface area contributed by atoms with Crippen molar-refractivity contribution in [3.05, 3.63) is 0 Å². The molecular formula is C17H35NO. The molecule has 1 aliphatic carbocycles. The Morgan fingerprint density at radius 2 is 1.74 bits per heavy atom. The lowest BCUT2D eigenvalue weighted by Crippen LogP contribution is -2.63. The number of nitrogens with one attached hydrogen (secondary N) is 1. The fourth-order valence-electron chi connectivity index (χ4n) is 3.54. The molecule has 0 aromatic heterocycles. The zero-order valence-corrected chi connectivity index (χ0v) is 13.6. The molecule has 1 saturated carbocycles. The number of unbranched alkanes of at least 4 members (excludes halogenated alkanes) is 3. The van der Waals surface area contributed by atoms with Gasteiger partial charge in [-0.15, -0.1) is 0 Å². The first-order chi connectivity index (χ1) is 9.25. The molecule has 1 N–H and O–H groups in total. The largest absolute Gasteiger partial charge is 0.378 e. The Hall–Kier alpha value is -0.0800. The van der Waals surface area contributed by atoms with E-state index in [2.05, 4.69) is 33.0 Å². The minimum atomic E-state index is 0.403. The minimum Gasteiger partial charge on any atom is -0.378 e. The van der Waals surface area contributed by atoms with Gasteiger partial charge in [-0.3, -0.25) is 0 Å². The van der Waals surface area contributed by atoms with Crippen molar-refractivity contribution in [3.63, 3.8) is 0 Å². The van der Waals surface area contributed by atoms with E-state index in [9.17, 15) is 0 Å². The van der Waals surface area contributed by atoms with E-state index in [0.29, 0.717) is 17.6 Å². The van der Waals surface area contributed by atoms with Gasteiger partial charge in [0.05, 0.1) is 6.10 Å². The average molecular weight is 269 g/mol. The Morgan fingerprint density at radius 3 is 2.32 bits per heavy atom. The summed E-state index contributed by atoms with van der Waals surface area (Å²) in [6.45, 7) is 11.3. The van der Waals surface area contributed by atoms with Crippen molar-refractivity contribution in [1.82, 2.24) is 5.32 Å². The first kappa shape index (κ1) is 17.0. The van der Waals surface area contributed by atoms with Crippen LogP contribution in [0.2, 0.25) is 0 Å². The molecule has 0 spiro atoms. The summed E-state index contributed by atoms with van der Waals surface area (Å²) in [5.74, 6) is 0. The topological polar surface area (TPSA) is 21.3 Å². The van der Waals surface area contributed by atoms with Crippen molar-refractivity contribution in [2.75, 3.05) is 13.2 Å². The second-order valence-corrected chi connectivity index (χ2v) is 6.10. The van der Waals surface area contributed by atoms with Crippen molar-refractivity contribution < 1.29 is 4.74 Å². The fraction of sp³-hybridized carbons (Fsp3) is 1.00. The molecule has 0 radical (unpaired) electrons. The molecule has 0 aromatic carbocycles. The van der Waals surface area contributed by atoms with Gasteiger partial charge < -0.3 is 10.1 Å². The van der Waals surface area contributed by atoms with Gasteiger partial charge in [0.25, 0.3) is 0 Å². The molecule has 2 unspecified atom stereocenters. The van der Waals surface area contributed by atoms with Crippen LogP contribution in [0.15, 0.2) is 0 Å². The van der Waals surface area contributed by atoms with Crippen LogP contribution in [0, 0.1) is 5.41 Å². The number of hydrogen-bond acceptors (Lipinski definition) is 2. The van der Waals surface area contributed by atoms with E-state index in [0.717, 1.165) is 13.2 Å². The molecule has 2 atom stereocenters. The lowest BCUT2D eigenvalue weighted by atomic mass is 9.58. The highest BCUT2D eigenvalue weighted by molar-refractivity contribution is 5.06. The van der Waals surface area contributed by atoms with E-state index in [1.54, 1.807) is 0 Å². The third kappa shape index (κ3) is 4.19. The summed E-state index contributed by atoms with van der Waals surface area (Å²) < 4.78 is 6.19. The second-order valence-electron chi connectivity index (χ2n) is 6.10. The van der Waals surface area contributed by atoms with Gasteiger partial charge in [-0.05, 0) is 38.6 Å². The summed E-state index contributed by atoms with van der Waals surface area (Å²) in [4.78, 5) is 0. The number of hydrogen-bond donors (Lipinski definition) is 1. The van der Waals surface area contributed by atoms with Gasteiger partial charge in [0.2, 0.25) is 0 Å². The van der Waals surface area contributed by atoms with E-state index < -0.39 is 0 Å². The van der Waals surface area contributed by atoms with E-state index in [1.165, 1.54) is 51.4 Å². The van der Waals surface area contributed by atoms with Crippen molar-refractivity contribution in [2.45, 2.75) is 91.2 Å². The van der Waals surface area contributed by atoms with Crippen LogP contribution in [0.4, 0.5) is 0 Å². The quantitative estimate of drug-likeness (QED) is 0.556. The number of ether oxygens (including phenoxy) is 1. The highest BCUT2D eigenvalue weighted by Crippen LogP contribution is 2.48. The van der Waals surface area contributed by atoms with Crippen LogP contribution in [-0.4, -0.2) is 25.3 Å². The molecular weight excluding hydrogens is 234 g/mol. The highest BCUT2D eigenvalue weighted by atomic mass is 16.5. The normalized spacial score (nSPS) is 25.3. The molecule has 2 nitrogen and oxygen atoms in total. The van der Waals surface area contributed by atoms with E-state index >= 15 is 0 Å². The molecule has 0 aliphatic heterocycles.